The fourth-order valence-electron chi connectivity index (χ4n) is 5.43. The molecule has 4 fully saturated rings. The summed E-state index contributed by atoms with van der Waals surface area (Å²) in [4.78, 5) is 0. The third-order valence-electron chi connectivity index (χ3n) is 5.93. The predicted octanol–water partition coefficient (Wildman–Crippen LogP) is 4.19. The molecular weight excluding hydrogens is 249 g/mol. The summed E-state index contributed by atoms with van der Waals surface area (Å²) in [6, 6.07) is 5.52. The fraction of sp³-hybridized carbons (Fsp3) is 0.667. The molecule has 2 heteroatoms. The van der Waals surface area contributed by atoms with Gasteiger partial charge in [-0.05, 0) is 80.4 Å². The zero-order valence-electron chi connectivity index (χ0n) is 12.3. The van der Waals surface area contributed by atoms with E-state index in [0.29, 0.717) is 5.54 Å². The van der Waals surface area contributed by atoms with Gasteiger partial charge in [-0.3, -0.25) is 0 Å². The molecule has 20 heavy (non-hydrogen) atoms. The molecule has 5 rings (SSSR count). The van der Waals surface area contributed by atoms with Gasteiger partial charge in [-0.1, -0.05) is 12.1 Å². The van der Waals surface area contributed by atoms with Crippen molar-refractivity contribution in [1.82, 2.24) is 5.32 Å². The van der Waals surface area contributed by atoms with Crippen molar-refractivity contribution in [1.29, 1.82) is 0 Å². The molecule has 1 aromatic carbocycles. The monoisotopic (exact) mass is 273 g/mol. The molecule has 1 aromatic rings. The van der Waals surface area contributed by atoms with E-state index in [2.05, 4.69) is 5.32 Å². The van der Waals surface area contributed by atoms with Crippen molar-refractivity contribution in [3.8, 4) is 0 Å². The van der Waals surface area contributed by atoms with Crippen molar-refractivity contribution in [3.05, 3.63) is 35.1 Å². The van der Waals surface area contributed by atoms with E-state index in [1.54, 1.807) is 6.07 Å². The molecule has 4 aliphatic rings. The van der Waals surface area contributed by atoms with E-state index in [4.69, 9.17) is 0 Å². The minimum Gasteiger partial charge on any atom is -0.307 e. The highest BCUT2D eigenvalue weighted by Crippen LogP contribution is 2.55. The maximum Gasteiger partial charge on any atom is 0.126 e. The number of rotatable bonds is 3. The maximum absolute atomic E-state index is 13.3. The van der Waals surface area contributed by atoms with Crippen LogP contribution in [0, 0.1) is 30.5 Å². The Morgan fingerprint density at radius 1 is 1.10 bits per heavy atom. The summed E-state index contributed by atoms with van der Waals surface area (Å²) in [5, 5.41) is 3.87. The SMILES string of the molecule is Cc1cc(CNC23CC4CC(CC(C4)C2)C3)ccc1F. The Morgan fingerprint density at radius 3 is 2.25 bits per heavy atom. The summed E-state index contributed by atoms with van der Waals surface area (Å²) in [6.45, 7) is 2.75. The highest BCUT2D eigenvalue weighted by atomic mass is 19.1. The summed E-state index contributed by atoms with van der Waals surface area (Å²) in [6.07, 6.45) is 8.57. The van der Waals surface area contributed by atoms with Crippen LogP contribution in [0.25, 0.3) is 0 Å². The summed E-state index contributed by atoms with van der Waals surface area (Å²) >= 11 is 0. The van der Waals surface area contributed by atoms with E-state index in [9.17, 15) is 4.39 Å². The molecule has 4 aliphatic carbocycles. The van der Waals surface area contributed by atoms with Crippen LogP contribution in [0.2, 0.25) is 0 Å². The van der Waals surface area contributed by atoms with Crippen LogP contribution in [-0.4, -0.2) is 5.54 Å². The van der Waals surface area contributed by atoms with Gasteiger partial charge < -0.3 is 5.32 Å². The van der Waals surface area contributed by atoms with Gasteiger partial charge in [-0.15, -0.1) is 0 Å². The van der Waals surface area contributed by atoms with Gasteiger partial charge in [0.15, 0.2) is 0 Å². The summed E-state index contributed by atoms with van der Waals surface area (Å²) in [7, 11) is 0. The van der Waals surface area contributed by atoms with E-state index in [0.717, 1.165) is 29.9 Å². The van der Waals surface area contributed by atoms with Crippen LogP contribution in [0.15, 0.2) is 18.2 Å². The topological polar surface area (TPSA) is 12.0 Å². The molecule has 0 spiro atoms. The van der Waals surface area contributed by atoms with E-state index in [1.165, 1.54) is 44.1 Å². The van der Waals surface area contributed by atoms with Crippen molar-refractivity contribution >= 4 is 0 Å². The van der Waals surface area contributed by atoms with Crippen LogP contribution in [0.1, 0.15) is 49.7 Å². The van der Waals surface area contributed by atoms with Crippen LogP contribution in [-0.2, 0) is 6.54 Å². The molecule has 108 valence electrons. The first kappa shape index (κ1) is 12.8. The van der Waals surface area contributed by atoms with Crippen LogP contribution in [0.5, 0.6) is 0 Å². The molecule has 0 radical (unpaired) electrons. The second-order valence-electron chi connectivity index (χ2n) is 7.63. The number of halogens is 1. The molecule has 0 amide bonds. The minimum absolute atomic E-state index is 0.0939. The molecule has 4 saturated carbocycles. The quantitative estimate of drug-likeness (QED) is 0.870. The minimum atomic E-state index is -0.0939. The molecule has 1 N–H and O–H groups in total. The molecular formula is C18H24FN. The number of nitrogens with one attached hydrogen (secondary N) is 1. The first-order valence-corrected chi connectivity index (χ1v) is 8.12. The average molecular weight is 273 g/mol. The van der Waals surface area contributed by atoms with Crippen molar-refractivity contribution < 1.29 is 4.39 Å². The van der Waals surface area contributed by atoms with Crippen LogP contribution < -0.4 is 5.32 Å². The molecule has 0 unspecified atom stereocenters. The van der Waals surface area contributed by atoms with E-state index in [-0.39, 0.29) is 5.82 Å². The molecule has 0 aliphatic heterocycles. The van der Waals surface area contributed by atoms with Gasteiger partial charge in [0.2, 0.25) is 0 Å². The van der Waals surface area contributed by atoms with Gasteiger partial charge in [-0.25, -0.2) is 4.39 Å². The molecule has 1 nitrogen and oxygen atoms in total. The predicted molar refractivity (Wildman–Crippen MR) is 78.9 cm³/mol. The van der Waals surface area contributed by atoms with Crippen molar-refractivity contribution in [2.75, 3.05) is 0 Å². The van der Waals surface area contributed by atoms with E-state index >= 15 is 0 Å². The Morgan fingerprint density at radius 2 is 1.70 bits per heavy atom. The lowest BCUT2D eigenvalue weighted by Gasteiger charge is -2.57. The highest BCUT2D eigenvalue weighted by molar-refractivity contribution is 5.24. The lowest BCUT2D eigenvalue weighted by molar-refractivity contribution is -0.0206. The normalized spacial score (nSPS) is 38.4. The lowest BCUT2D eigenvalue weighted by Crippen LogP contribution is -2.58. The second-order valence-corrected chi connectivity index (χ2v) is 7.63. The average Bonchev–Trinajstić information content (AvgIpc) is 2.39. The Kier molecular flexibility index (Phi) is 2.92. The third kappa shape index (κ3) is 2.18. The van der Waals surface area contributed by atoms with Crippen molar-refractivity contribution in [3.63, 3.8) is 0 Å². The number of aryl methyl sites for hydroxylation is 1. The lowest BCUT2D eigenvalue weighted by atomic mass is 9.53. The van der Waals surface area contributed by atoms with Crippen molar-refractivity contribution in [2.45, 2.75) is 57.5 Å². The molecule has 0 saturated heterocycles. The second kappa shape index (κ2) is 4.56. The van der Waals surface area contributed by atoms with Gasteiger partial charge in [0.05, 0.1) is 0 Å². The Labute approximate surface area is 121 Å². The molecule has 0 atom stereocenters. The summed E-state index contributed by atoms with van der Waals surface area (Å²) in [5.74, 6) is 2.83. The van der Waals surface area contributed by atoms with Gasteiger partial charge in [-0.2, -0.15) is 0 Å². The molecule has 4 bridgehead atoms. The largest absolute Gasteiger partial charge is 0.307 e. The van der Waals surface area contributed by atoms with Gasteiger partial charge in [0.1, 0.15) is 5.82 Å². The molecule has 0 aromatic heterocycles. The van der Waals surface area contributed by atoms with E-state index in [1.807, 2.05) is 19.1 Å². The number of hydrogen-bond donors (Lipinski definition) is 1. The highest BCUT2D eigenvalue weighted by Gasteiger charge is 2.50. The summed E-state index contributed by atoms with van der Waals surface area (Å²) < 4.78 is 13.3. The fourth-order valence-corrected chi connectivity index (χ4v) is 5.43. The van der Waals surface area contributed by atoms with Crippen LogP contribution in [0.3, 0.4) is 0 Å². The smallest absolute Gasteiger partial charge is 0.126 e. The Balaban J connectivity index is 1.47. The number of benzene rings is 1. The zero-order chi connectivity index (χ0) is 13.7. The zero-order valence-corrected chi connectivity index (χ0v) is 12.3. The van der Waals surface area contributed by atoms with Gasteiger partial charge in [0.25, 0.3) is 0 Å². The Hall–Kier alpha value is -0.890. The molecule has 0 heterocycles. The third-order valence-corrected chi connectivity index (χ3v) is 5.93. The van der Waals surface area contributed by atoms with Gasteiger partial charge >= 0.3 is 0 Å². The van der Waals surface area contributed by atoms with E-state index < -0.39 is 0 Å². The summed E-state index contributed by atoms with van der Waals surface area (Å²) in [5.41, 5.74) is 2.38. The standard InChI is InChI=1S/C18H24FN/c1-12-4-13(2-3-17(12)19)11-20-18-8-14-5-15(9-18)7-16(6-14)10-18/h2-4,14-16,20H,5-11H2,1H3. The van der Waals surface area contributed by atoms with Crippen LogP contribution >= 0.6 is 0 Å². The first-order valence-electron chi connectivity index (χ1n) is 8.12. The van der Waals surface area contributed by atoms with Crippen molar-refractivity contribution in [2.24, 2.45) is 17.8 Å². The van der Waals surface area contributed by atoms with Crippen LogP contribution in [0.4, 0.5) is 4.39 Å². The number of hydrogen-bond acceptors (Lipinski definition) is 1. The Bertz CT molecular complexity index is 487. The first-order chi connectivity index (χ1) is 9.62. The van der Waals surface area contributed by atoms with Gasteiger partial charge in [0, 0.05) is 12.1 Å². The maximum atomic E-state index is 13.3.